The second-order valence-corrected chi connectivity index (χ2v) is 8.51. The van der Waals surface area contributed by atoms with Crippen molar-refractivity contribution in [2.45, 2.75) is 6.92 Å². The molecule has 1 N–H and O–H groups in total. The highest BCUT2D eigenvalue weighted by Crippen LogP contribution is 2.40. The molecule has 3 aromatic rings. The number of carbonyl (C=O) groups is 1. The Balaban J connectivity index is 1.36. The monoisotopic (exact) mass is 472 g/mol. The normalized spacial score (nSPS) is 14.7. The molecule has 0 saturated carbocycles. The maximum Gasteiger partial charge on any atom is 0.321 e. The van der Waals surface area contributed by atoms with Gasteiger partial charge in [0.05, 0.1) is 19.8 Å². The van der Waals surface area contributed by atoms with Gasteiger partial charge in [0.25, 0.3) is 0 Å². The van der Waals surface area contributed by atoms with Crippen LogP contribution in [0.2, 0.25) is 0 Å². The van der Waals surface area contributed by atoms with Crippen LogP contribution in [-0.2, 0) is 0 Å². The number of rotatable bonds is 3. The Bertz CT molecular complexity index is 1280. The molecule has 0 aliphatic carbocycles. The van der Waals surface area contributed by atoms with E-state index < -0.39 is 0 Å². The third kappa shape index (κ3) is 4.73. The van der Waals surface area contributed by atoms with Gasteiger partial charge in [0, 0.05) is 44.0 Å². The topological polar surface area (TPSA) is 75.6 Å². The van der Waals surface area contributed by atoms with Crippen LogP contribution >= 0.6 is 0 Å². The van der Waals surface area contributed by atoms with Crippen molar-refractivity contribution in [2.75, 3.05) is 45.7 Å². The number of aliphatic imine (C=N–C) groups is 1. The van der Waals surface area contributed by atoms with Crippen LogP contribution in [0.3, 0.4) is 0 Å². The number of carbonyl (C=O) groups excluding carboxylic acids is 1. The molecule has 1 saturated heterocycles. The summed E-state index contributed by atoms with van der Waals surface area (Å²) in [6.45, 7) is 4.47. The van der Waals surface area contributed by atoms with Crippen molar-refractivity contribution < 1.29 is 19.0 Å². The fourth-order valence-corrected chi connectivity index (χ4v) is 4.25. The third-order valence-corrected chi connectivity index (χ3v) is 6.18. The molecule has 0 bridgehead atoms. The summed E-state index contributed by atoms with van der Waals surface area (Å²) in [5, 5.41) is 2.96. The highest BCUT2D eigenvalue weighted by molar-refractivity contribution is 6.04. The molecule has 0 aromatic heterocycles. The molecule has 0 radical (unpaired) electrons. The number of nitrogens with one attached hydrogen (secondary N) is 1. The lowest BCUT2D eigenvalue weighted by Gasteiger charge is -2.36. The average Bonchev–Trinajstić information content (AvgIpc) is 3.04. The van der Waals surface area contributed by atoms with Gasteiger partial charge in [-0.3, -0.25) is 0 Å². The number of hydrogen-bond donors (Lipinski definition) is 1. The van der Waals surface area contributed by atoms with Gasteiger partial charge in [-0.25, -0.2) is 9.79 Å². The molecule has 8 nitrogen and oxygen atoms in total. The van der Waals surface area contributed by atoms with E-state index in [1.54, 1.807) is 20.3 Å². The number of piperazine rings is 1. The maximum atomic E-state index is 12.9. The number of hydrogen-bond acceptors (Lipinski definition) is 6. The molecule has 180 valence electrons. The number of nitrogens with zero attached hydrogens (tertiary/aromatic N) is 3. The summed E-state index contributed by atoms with van der Waals surface area (Å²) in [6.07, 6.45) is 0. The second-order valence-electron chi connectivity index (χ2n) is 8.51. The van der Waals surface area contributed by atoms with E-state index in [1.807, 2.05) is 66.4 Å². The summed E-state index contributed by atoms with van der Waals surface area (Å²) in [5.41, 5.74) is 3.48. The van der Waals surface area contributed by atoms with Crippen molar-refractivity contribution in [3.63, 3.8) is 0 Å². The van der Waals surface area contributed by atoms with Crippen molar-refractivity contribution in [1.29, 1.82) is 0 Å². The number of urea groups is 1. The predicted molar refractivity (Wildman–Crippen MR) is 136 cm³/mol. The van der Waals surface area contributed by atoms with E-state index in [1.165, 1.54) is 0 Å². The summed E-state index contributed by atoms with van der Waals surface area (Å²) >= 11 is 0. The van der Waals surface area contributed by atoms with Crippen LogP contribution in [0.25, 0.3) is 0 Å². The minimum absolute atomic E-state index is 0.130. The summed E-state index contributed by atoms with van der Waals surface area (Å²) in [7, 11) is 3.25. The molecule has 2 amide bonds. The van der Waals surface area contributed by atoms with Crippen LogP contribution in [0.1, 0.15) is 11.1 Å². The maximum absolute atomic E-state index is 12.9. The molecule has 1 fully saturated rings. The number of amides is 2. The van der Waals surface area contributed by atoms with Gasteiger partial charge >= 0.3 is 6.03 Å². The molecule has 0 unspecified atom stereocenters. The van der Waals surface area contributed by atoms with E-state index >= 15 is 0 Å². The van der Waals surface area contributed by atoms with Gasteiger partial charge in [0.15, 0.2) is 5.75 Å². The first-order valence-electron chi connectivity index (χ1n) is 11.5. The number of ether oxygens (including phenoxy) is 3. The minimum Gasteiger partial charge on any atom is -0.497 e. The van der Waals surface area contributed by atoms with Crippen molar-refractivity contribution in [1.82, 2.24) is 9.80 Å². The fraction of sp³-hybridized carbons (Fsp3) is 0.259. The van der Waals surface area contributed by atoms with Crippen LogP contribution in [0, 0.1) is 6.92 Å². The van der Waals surface area contributed by atoms with E-state index in [-0.39, 0.29) is 6.03 Å². The van der Waals surface area contributed by atoms with Gasteiger partial charge in [0.2, 0.25) is 0 Å². The fourth-order valence-electron chi connectivity index (χ4n) is 4.25. The number of methoxy groups -OCH3 is 2. The van der Waals surface area contributed by atoms with Gasteiger partial charge in [-0.1, -0.05) is 12.1 Å². The molecule has 8 heteroatoms. The zero-order valence-corrected chi connectivity index (χ0v) is 20.1. The Morgan fingerprint density at radius 3 is 2.46 bits per heavy atom. The number of benzene rings is 3. The zero-order chi connectivity index (χ0) is 24.4. The SMILES string of the molecule is COc1cccc(NC(=O)N2CCN(C3=Nc4ccc(C)cc4Oc4cc(OC)ccc43)CC2)c1. The summed E-state index contributed by atoms with van der Waals surface area (Å²) in [6, 6.07) is 19.0. The number of fused-ring (bicyclic) bond motifs is 2. The highest BCUT2D eigenvalue weighted by atomic mass is 16.5. The molecular weight excluding hydrogens is 444 g/mol. The Hall–Kier alpha value is -4.20. The molecule has 0 atom stereocenters. The van der Waals surface area contributed by atoms with Crippen molar-refractivity contribution in [3.05, 3.63) is 71.8 Å². The number of amidine groups is 1. The number of anilines is 1. The van der Waals surface area contributed by atoms with Crippen molar-refractivity contribution in [2.24, 2.45) is 4.99 Å². The summed E-state index contributed by atoms with van der Waals surface area (Å²) in [5.74, 6) is 3.67. The van der Waals surface area contributed by atoms with Crippen molar-refractivity contribution >= 4 is 23.2 Å². The molecule has 3 aromatic carbocycles. The molecule has 2 aliphatic heterocycles. The van der Waals surface area contributed by atoms with E-state index in [4.69, 9.17) is 19.2 Å². The molecular formula is C27H28N4O4. The van der Waals surface area contributed by atoms with Gasteiger partial charge in [0.1, 0.15) is 28.8 Å². The Morgan fingerprint density at radius 2 is 1.69 bits per heavy atom. The van der Waals surface area contributed by atoms with E-state index in [0.717, 1.165) is 28.4 Å². The standard InChI is InChI=1S/C27H28N4O4/c1-18-7-10-23-25(15-18)35-24-17-21(34-3)8-9-22(24)26(29-23)30-11-13-31(14-12-30)27(32)28-19-5-4-6-20(16-19)33-2/h4-10,15-17H,11-14H2,1-3H3,(H,28,32). The van der Waals surface area contributed by atoms with Crippen molar-refractivity contribution in [3.8, 4) is 23.0 Å². The van der Waals surface area contributed by atoms with E-state index in [0.29, 0.717) is 49.1 Å². The van der Waals surface area contributed by atoms with Crippen LogP contribution < -0.4 is 19.5 Å². The largest absolute Gasteiger partial charge is 0.497 e. The van der Waals surface area contributed by atoms with Gasteiger partial charge < -0.3 is 29.3 Å². The molecule has 0 spiro atoms. The quantitative estimate of drug-likeness (QED) is 0.578. The van der Waals surface area contributed by atoms with Crippen LogP contribution in [0.5, 0.6) is 23.0 Å². The molecule has 2 heterocycles. The Morgan fingerprint density at radius 1 is 0.914 bits per heavy atom. The zero-order valence-electron chi connectivity index (χ0n) is 20.1. The predicted octanol–water partition coefficient (Wildman–Crippen LogP) is 5.05. The van der Waals surface area contributed by atoms with Crippen LogP contribution in [0.15, 0.2) is 65.7 Å². The van der Waals surface area contributed by atoms with E-state index in [9.17, 15) is 4.79 Å². The number of aryl methyl sites for hydroxylation is 1. The van der Waals surface area contributed by atoms with E-state index in [2.05, 4.69) is 10.2 Å². The lowest BCUT2D eigenvalue weighted by atomic mass is 10.1. The average molecular weight is 473 g/mol. The van der Waals surface area contributed by atoms with Gasteiger partial charge in [-0.2, -0.15) is 0 Å². The highest BCUT2D eigenvalue weighted by Gasteiger charge is 2.28. The summed E-state index contributed by atoms with van der Waals surface area (Å²) in [4.78, 5) is 21.9. The first-order chi connectivity index (χ1) is 17.0. The van der Waals surface area contributed by atoms with Crippen LogP contribution in [0.4, 0.5) is 16.2 Å². The second kappa shape index (κ2) is 9.58. The molecule has 2 aliphatic rings. The molecule has 5 rings (SSSR count). The Labute approximate surface area is 204 Å². The summed E-state index contributed by atoms with van der Waals surface area (Å²) < 4.78 is 17.0. The third-order valence-electron chi connectivity index (χ3n) is 6.18. The Kier molecular flexibility index (Phi) is 6.18. The smallest absolute Gasteiger partial charge is 0.321 e. The van der Waals surface area contributed by atoms with Gasteiger partial charge in [-0.05, 0) is 48.9 Å². The van der Waals surface area contributed by atoms with Crippen LogP contribution in [-0.4, -0.2) is 62.1 Å². The molecule has 35 heavy (non-hydrogen) atoms. The lowest BCUT2D eigenvalue weighted by molar-refractivity contribution is 0.181. The minimum atomic E-state index is -0.130. The van der Waals surface area contributed by atoms with Gasteiger partial charge in [-0.15, -0.1) is 0 Å². The lowest BCUT2D eigenvalue weighted by Crippen LogP contribution is -2.51. The first kappa shape index (κ1) is 22.6. The first-order valence-corrected chi connectivity index (χ1v) is 11.5.